The van der Waals surface area contributed by atoms with Gasteiger partial charge in [0, 0.05) is 18.6 Å². The Morgan fingerprint density at radius 3 is 2.47 bits per heavy atom. The van der Waals surface area contributed by atoms with Crippen molar-refractivity contribution in [2.24, 2.45) is 0 Å². The number of amides is 1. The Morgan fingerprint density at radius 1 is 1.03 bits per heavy atom. The average Bonchev–Trinajstić information content (AvgIpc) is 3.15. The first-order valence-corrected chi connectivity index (χ1v) is 11.2. The molecule has 1 aromatic heterocycles. The number of H-pyrrole nitrogens is 1. The average molecular weight is 439 g/mol. The number of carbonyl (C=O) groups is 1. The second-order valence-corrected chi connectivity index (χ2v) is 8.30. The molecule has 0 fully saturated rings. The molecule has 7 heteroatoms. The van der Waals surface area contributed by atoms with Crippen molar-refractivity contribution in [3.05, 3.63) is 53.9 Å². The number of benzene rings is 2. The number of aromatic amines is 1. The molecule has 172 valence electrons. The Kier molecular flexibility index (Phi) is 8.11. The lowest BCUT2D eigenvalue weighted by Crippen LogP contribution is -2.44. The van der Waals surface area contributed by atoms with E-state index >= 15 is 0 Å². The van der Waals surface area contributed by atoms with Crippen molar-refractivity contribution in [1.82, 2.24) is 20.2 Å². The number of ether oxygens (including phenoxy) is 2. The van der Waals surface area contributed by atoms with Gasteiger partial charge in [-0.2, -0.15) is 0 Å². The molecule has 0 bridgehead atoms. The number of aromatic nitrogens is 2. The Labute approximate surface area is 190 Å². The molecule has 0 unspecified atom stereocenters. The number of hydrogen-bond acceptors (Lipinski definition) is 5. The maximum atomic E-state index is 12.6. The summed E-state index contributed by atoms with van der Waals surface area (Å²) in [5, 5.41) is 3.41. The number of para-hydroxylation sites is 2. The van der Waals surface area contributed by atoms with E-state index in [1.807, 2.05) is 82.0 Å². The summed E-state index contributed by atoms with van der Waals surface area (Å²) >= 11 is 0. The van der Waals surface area contributed by atoms with Gasteiger partial charge in [-0.25, -0.2) is 4.98 Å². The van der Waals surface area contributed by atoms with Gasteiger partial charge in [0.1, 0.15) is 5.82 Å². The Hall–Kier alpha value is -3.06. The predicted molar refractivity (Wildman–Crippen MR) is 127 cm³/mol. The van der Waals surface area contributed by atoms with Crippen LogP contribution in [-0.2, 0) is 17.9 Å². The SMILES string of the molecule is CCOc1cc(CNCc2nc3ccccc3[nH]2)ccc1OCC(=O)N(C(C)C)C(C)C. The molecule has 2 aromatic carbocycles. The smallest absolute Gasteiger partial charge is 0.260 e. The lowest BCUT2D eigenvalue weighted by atomic mass is 10.2. The Morgan fingerprint density at radius 2 is 1.78 bits per heavy atom. The van der Waals surface area contributed by atoms with Crippen molar-refractivity contribution in [3.8, 4) is 11.5 Å². The number of hydrogen-bond donors (Lipinski definition) is 2. The van der Waals surface area contributed by atoms with Crippen LogP contribution in [0.5, 0.6) is 11.5 Å². The molecule has 0 radical (unpaired) electrons. The van der Waals surface area contributed by atoms with Crippen molar-refractivity contribution in [3.63, 3.8) is 0 Å². The van der Waals surface area contributed by atoms with Crippen LogP contribution in [0.3, 0.4) is 0 Å². The maximum absolute atomic E-state index is 12.6. The quantitative estimate of drug-likeness (QED) is 0.467. The molecule has 0 aliphatic heterocycles. The fraction of sp³-hybridized carbons (Fsp3) is 0.440. The van der Waals surface area contributed by atoms with E-state index in [9.17, 15) is 4.79 Å². The number of fused-ring (bicyclic) bond motifs is 1. The fourth-order valence-corrected chi connectivity index (χ4v) is 3.85. The van der Waals surface area contributed by atoms with Gasteiger partial charge in [0.05, 0.1) is 24.2 Å². The number of nitrogens with one attached hydrogen (secondary N) is 2. The predicted octanol–water partition coefficient (Wildman–Crippen LogP) is 4.28. The minimum absolute atomic E-state index is 0.0138. The molecule has 0 saturated heterocycles. The minimum Gasteiger partial charge on any atom is -0.490 e. The first-order chi connectivity index (χ1) is 15.4. The third kappa shape index (κ3) is 6.01. The molecule has 0 saturated carbocycles. The normalized spacial score (nSPS) is 11.3. The van der Waals surface area contributed by atoms with E-state index in [1.165, 1.54) is 0 Å². The highest BCUT2D eigenvalue weighted by Crippen LogP contribution is 2.29. The molecular formula is C25H34N4O3. The number of nitrogens with zero attached hydrogens (tertiary/aromatic N) is 2. The highest BCUT2D eigenvalue weighted by atomic mass is 16.5. The molecule has 0 atom stereocenters. The van der Waals surface area contributed by atoms with Crippen LogP contribution < -0.4 is 14.8 Å². The van der Waals surface area contributed by atoms with Crippen molar-refractivity contribution in [1.29, 1.82) is 0 Å². The molecule has 3 aromatic rings. The van der Waals surface area contributed by atoms with Gasteiger partial charge in [0.25, 0.3) is 5.91 Å². The van der Waals surface area contributed by atoms with Crippen LogP contribution in [0.1, 0.15) is 46.0 Å². The first-order valence-electron chi connectivity index (χ1n) is 11.2. The maximum Gasteiger partial charge on any atom is 0.260 e. The molecule has 1 amide bonds. The summed E-state index contributed by atoms with van der Waals surface area (Å²) in [5.41, 5.74) is 3.06. The standard InChI is InChI=1S/C25H34N4O3/c1-6-31-23-13-19(14-26-15-24-27-20-9-7-8-10-21(20)28-24)11-12-22(23)32-16-25(30)29(17(2)3)18(4)5/h7-13,17-18,26H,6,14-16H2,1-5H3,(H,27,28). The molecule has 7 nitrogen and oxygen atoms in total. The van der Waals surface area contributed by atoms with Crippen LogP contribution in [0.25, 0.3) is 11.0 Å². The van der Waals surface area contributed by atoms with Gasteiger partial charge in [-0.05, 0) is 64.4 Å². The van der Waals surface area contributed by atoms with Crippen molar-refractivity contribution < 1.29 is 14.3 Å². The first kappa shape index (κ1) is 23.6. The minimum atomic E-state index is -0.0333. The van der Waals surface area contributed by atoms with E-state index < -0.39 is 0 Å². The van der Waals surface area contributed by atoms with Crippen molar-refractivity contribution in [2.45, 2.75) is 59.8 Å². The van der Waals surface area contributed by atoms with Gasteiger partial charge in [-0.3, -0.25) is 4.79 Å². The van der Waals surface area contributed by atoms with Crippen LogP contribution in [0, 0.1) is 0 Å². The lowest BCUT2D eigenvalue weighted by Gasteiger charge is -2.30. The van der Waals surface area contributed by atoms with Crippen LogP contribution in [0.2, 0.25) is 0 Å². The van der Waals surface area contributed by atoms with Gasteiger partial charge in [-0.1, -0.05) is 18.2 Å². The van der Waals surface area contributed by atoms with E-state index in [2.05, 4.69) is 15.3 Å². The van der Waals surface area contributed by atoms with Crippen LogP contribution >= 0.6 is 0 Å². The van der Waals surface area contributed by atoms with E-state index in [1.54, 1.807) is 0 Å². The summed E-state index contributed by atoms with van der Waals surface area (Å²) in [6, 6.07) is 14.0. The number of carbonyl (C=O) groups excluding carboxylic acids is 1. The second kappa shape index (κ2) is 11.0. The van der Waals surface area contributed by atoms with Crippen LogP contribution in [0.15, 0.2) is 42.5 Å². The molecule has 32 heavy (non-hydrogen) atoms. The summed E-state index contributed by atoms with van der Waals surface area (Å²) in [5.74, 6) is 2.08. The zero-order chi connectivity index (χ0) is 23.1. The van der Waals surface area contributed by atoms with Gasteiger partial charge in [0.15, 0.2) is 18.1 Å². The second-order valence-electron chi connectivity index (χ2n) is 8.30. The van der Waals surface area contributed by atoms with Gasteiger partial charge >= 0.3 is 0 Å². The zero-order valence-electron chi connectivity index (χ0n) is 19.6. The third-order valence-electron chi connectivity index (χ3n) is 5.12. The Bertz CT molecular complexity index is 988. The summed E-state index contributed by atoms with van der Waals surface area (Å²) in [4.78, 5) is 22.4. The van der Waals surface area contributed by atoms with Gasteiger partial charge in [-0.15, -0.1) is 0 Å². The monoisotopic (exact) mass is 438 g/mol. The van der Waals surface area contributed by atoms with E-state index in [-0.39, 0.29) is 24.6 Å². The van der Waals surface area contributed by atoms with E-state index in [0.29, 0.717) is 31.2 Å². The molecule has 0 aliphatic rings. The highest BCUT2D eigenvalue weighted by Gasteiger charge is 2.21. The number of imidazole rings is 1. The summed E-state index contributed by atoms with van der Waals surface area (Å²) < 4.78 is 11.6. The lowest BCUT2D eigenvalue weighted by molar-refractivity contribution is -0.137. The van der Waals surface area contributed by atoms with Crippen LogP contribution in [-0.4, -0.2) is 46.1 Å². The number of rotatable bonds is 11. The Balaban J connectivity index is 1.60. The van der Waals surface area contributed by atoms with Crippen molar-refractivity contribution in [2.75, 3.05) is 13.2 Å². The topological polar surface area (TPSA) is 79.5 Å². The molecular weight excluding hydrogens is 404 g/mol. The summed E-state index contributed by atoms with van der Waals surface area (Å²) in [7, 11) is 0. The molecule has 3 rings (SSSR count). The largest absolute Gasteiger partial charge is 0.490 e. The van der Waals surface area contributed by atoms with Crippen molar-refractivity contribution >= 4 is 16.9 Å². The molecule has 1 heterocycles. The summed E-state index contributed by atoms with van der Waals surface area (Å²) in [6.07, 6.45) is 0. The van der Waals surface area contributed by atoms with Gasteiger partial charge in [0.2, 0.25) is 0 Å². The van der Waals surface area contributed by atoms with E-state index in [4.69, 9.17) is 9.47 Å². The fourth-order valence-electron chi connectivity index (χ4n) is 3.85. The zero-order valence-corrected chi connectivity index (χ0v) is 19.6. The third-order valence-corrected chi connectivity index (χ3v) is 5.12. The summed E-state index contributed by atoms with van der Waals surface area (Å²) in [6.45, 7) is 11.8. The highest BCUT2D eigenvalue weighted by molar-refractivity contribution is 5.78. The van der Waals surface area contributed by atoms with E-state index in [0.717, 1.165) is 22.4 Å². The van der Waals surface area contributed by atoms with Crippen LogP contribution in [0.4, 0.5) is 0 Å². The molecule has 2 N–H and O–H groups in total. The molecule has 0 aliphatic carbocycles. The van der Waals surface area contributed by atoms with Gasteiger partial charge < -0.3 is 24.7 Å². The molecule has 0 spiro atoms.